The molecule has 0 spiro atoms. The minimum atomic E-state index is 0.620. The van der Waals surface area contributed by atoms with E-state index in [1.54, 1.807) is 0 Å². The molecule has 84 valence electrons. The molecule has 0 amide bonds. The minimum Gasteiger partial charge on any atom is -0.319 e. The van der Waals surface area contributed by atoms with Gasteiger partial charge in [0.2, 0.25) is 0 Å². The summed E-state index contributed by atoms with van der Waals surface area (Å²) in [5, 5.41) is 5.93. The number of nitrogens with one attached hydrogen (secondary N) is 1. The lowest BCUT2D eigenvalue weighted by Crippen LogP contribution is -2.16. The average molecular weight is 213 g/mol. The van der Waals surface area contributed by atoms with Gasteiger partial charge in [-0.25, -0.2) is 0 Å². The molecule has 1 nitrogen and oxygen atoms in total. The van der Waals surface area contributed by atoms with Gasteiger partial charge in [0.05, 0.1) is 0 Å². The van der Waals surface area contributed by atoms with E-state index in [-0.39, 0.29) is 0 Å². The Balaban J connectivity index is 2.37. The number of hydrogen-bond acceptors (Lipinski definition) is 1. The van der Waals surface area contributed by atoms with Crippen molar-refractivity contribution in [3.63, 3.8) is 0 Å². The number of rotatable bonds is 4. The fourth-order valence-electron chi connectivity index (χ4n) is 2.21. The van der Waals surface area contributed by atoms with Crippen LogP contribution in [0.25, 0.3) is 10.8 Å². The zero-order valence-corrected chi connectivity index (χ0v) is 10.0. The average Bonchev–Trinajstić information content (AvgIpc) is 2.35. The topological polar surface area (TPSA) is 12.0 Å². The van der Waals surface area contributed by atoms with Gasteiger partial charge in [-0.2, -0.15) is 0 Å². The quantitative estimate of drug-likeness (QED) is 0.819. The van der Waals surface area contributed by atoms with Crippen LogP contribution in [0, 0.1) is 0 Å². The standard InChI is InChI=1S/C15H19N/c1-3-12(11-16-2)15-9-8-13-6-4-5-7-14(13)10-15/h4-10,12,16H,3,11H2,1-2H3. The molecule has 16 heavy (non-hydrogen) atoms. The highest BCUT2D eigenvalue weighted by Crippen LogP contribution is 2.23. The van der Waals surface area contributed by atoms with Gasteiger partial charge in [-0.05, 0) is 35.7 Å². The molecule has 2 aromatic carbocycles. The Kier molecular flexibility index (Phi) is 3.58. The highest BCUT2D eigenvalue weighted by Gasteiger charge is 2.08. The summed E-state index contributed by atoms with van der Waals surface area (Å²) in [6.07, 6.45) is 1.18. The summed E-state index contributed by atoms with van der Waals surface area (Å²) in [6, 6.07) is 15.3. The first-order chi connectivity index (χ1) is 7.85. The van der Waals surface area contributed by atoms with Gasteiger partial charge in [-0.3, -0.25) is 0 Å². The highest BCUT2D eigenvalue weighted by molar-refractivity contribution is 5.83. The smallest absolute Gasteiger partial charge is 0.00170 e. The van der Waals surface area contributed by atoms with E-state index in [1.807, 2.05) is 7.05 Å². The Morgan fingerprint density at radius 3 is 2.50 bits per heavy atom. The summed E-state index contributed by atoms with van der Waals surface area (Å²) in [5.41, 5.74) is 1.44. The van der Waals surface area contributed by atoms with Gasteiger partial charge in [-0.1, -0.05) is 49.4 Å². The predicted octanol–water partition coefficient (Wildman–Crippen LogP) is 3.55. The number of fused-ring (bicyclic) bond motifs is 1. The second kappa shape index (κ2) is 5.13. The largest absolute Gasteiger partial charge is 0.319 e. The molecule has 1 atom stereocenters. The van der Waals surface area contributed by atoms with Crippen LogP contribution in [0.1, 0.15) is 24.8 Å². The van der Waals surface area contributed by atoms with E-state index in [4.69, 9.17) is 0 Å². The van der Waals surface area contributed by atoms with Crippen molar-refractivity contribution in [2.45, 2.75) is 19.3 Å². The summed E-state index contributed by atoms with van der Waals surface area (Å²) < 4.78 is 0. The lowest BCUT2D eigenvalue weighted by Gasteiger charge is -2.15. The molecular formula is C15H19N. The van der Waals surface area contributed by atoms with Gasteiger partial charge >= 0.3 is 0 Å². The molecular weight excluding hydrogens is 194 g/mol. The summed E-state index contributed by atoms with van der Waals surface area (Å²) in [6.45, 7) is 3.30. The molecule has 0 aromatic heterocycles. The monoisotopic (exact) mass is 213 g/mol. The zero-order chi connectivity index (χ0) is 11.4. The first kappa shape index (κ1) is 11.2. The molecule has 0 heterocycles. The van der Waals surface area contributed by atoms with Crippen molar-refractivity contribution in [1.29, 1.82) is 0 Å². The third-order valence-electron chi connectivity index (χ3n) is 3.19. The Bertz CT molecular complexity index is 462. The van der Waals surface area contributed by atoms with E-state index in [0.717, 1.165) is 6.54 Å². The summed E-state index contributed by atoms with van der Waals surface area (Å²) >= 11 is 0. The van der Waals surface area contributed by atoms with E-state index >= 15 is 0 Å². The highest BCUT2D eigenvalue weighted by atomic mass is 14.8. The lowest BCUT2D eigenvalue weighted by atomic mass is 9.94. The molecule has 0 saturated carbocycles. The maximum absolute atomic E-state index is 3.27. The van der Waals surface area contributed by atoms with E-state index in [1.165, 1.54) is 22.8 Å². The molecule has 0 radical (unpaired) electrons. The molecule has 0 aliphatic heterocycles. The van der Waals surface area contributed by atoms with Gasteiger partial charge < -0.3 is 5.32 Å². The Morgan fingerprint density at radius 1 is 1.06 bits per heavy atom. The third-order valence-corrected chi connectivity index (χ3v) is 3.19. The first-order valence-electron chi connectivity index (χ1n) is 5.98. The number of benzene rings is 2. The summed E-state index contributed by atoms with van der Waals surface area (Å²) in [4.78, 5) is 0. The van der Waals surface area contributed by atoms with Crippen LogP contribution in [0.3, 0.4) is 0 Å². The molecule has 0 aliphatic rings. The van der Waals surface area contributed by atoms with Gasteiger partial charge in [0.1, 0.15) is 0 Å². The van der Waals surface area contributed by atoms with Gasteiger partial charge in [-0.15, -0.1) is 0 Å². The Labute approximate surface area is 97.5 Å². The fourth-order valence-corrected chi connectivity index (χ4v) is 2.21. The zero-order valence-electron chi connectivity index (χ0n) is 10.0. The lowest BCUT2D eigenvalue weighted by molar-refractivity contribution is 0.612. The van der Waals surface area contributed by atoms with Crippen LogP contribution in [0.2, 0.25) is 0 Å². The van der Waals surface area contributed by atoms with Crippen LogP contribution in [0.5, 0.6) is 0 Å². The van der Waals surface area contributed by atoms with E-state index in [0.29, 0.717) is 5.92 Å². The van der Waals surface area contributed by atoms with Crippen molar-refractivity contribution in [2.75, 3.05) is 13.6 Å². The maximum atomic E-state index is 3.27. The second-order valence-electron chi connectivity index (χ2n) is 4.27. The van der Waals surface area contributed by atoms with Crippen LogP contribution in [0.4, 0.5) is 0 Å². The predicted molar refractivity (Wildman–Crippen MR) is 70.9 cm³/mol. The number of likely N-dealkylation sites (N-methyl/N-ethyl adjacent to an activating group) is 1. The maximum Gasteiger partial charge on any atom is 0.00170 e. The van der Waals surface area contributed by atoms with Crippen molar-refractivity contribution in [3.05, 3.63) is 48.0 Å². The van der Waals surface area contributed by atoms with Crippen molar-refractivity contribution >= 4 is 10.8 Å². The molecule has 2 aromatic rings. The summed E-state index contributed by atoms with van der Waals surface area (Å²) in [5.74, 6) is 0.620. The Hall–Kier alpha value is -1.34. The molecule has 1 unspecified atom stereocenters. The molecule has 0 aliphatic carbocycles. The van der Waals surface area contributed by atoms with Crippen molar-refractivity contribution in [3.8, 4) is 0 Å². The molecule has 0 fully saturated rings. The normalized spacial score (nSPS) is 12.9. The van der Waals surface area contributed by atoms with Crippen molar-refractivity contribution in [2.24, 2.45) is 0 Å². The molecule has 1 N–H and O–H groups in total. The van der Waals surface area contributed by atoms with Crippen LogP contribution in [-0.4, -0.2) is 13.6 Å². The van der Waals surface area contributed by atoms with E-state index in [9.17, 15) is 0 Å². The fraction of sp³-hybridized carbons (Fsp3) is 0.333. The molecule has 0 saturated heterocycles. The van der Waals surface area contributed by atoms with Crippen molar-refractivity contribution in [1.82, 2.24) is 5.32 Å². The van der Waals surface area contributed by atoms with Gasteiger partial charge in [0, 0.05) is 6.54 Å². The minimum absolute atomic E-state index is 0.620. The van der Waals surface area contributed by atoms with Crippen molar-refractivity contribution < 1.29 is 0 Å². The Morgan fingerprint density at radius 2 is 1.81 bits per heavy atom. The summed E-state index contributed by atoms with van der Waals surface area (Å²) in [7, 11) is 2.02. The van der Waals surface area contributed by atoms with Crippen LogP contribution in [0.15, 0.2) is 42.5 Å². The van der Waals surface area contributed by atoms with Crippen LogP contribution >= 0.6 is 0 Å². The van der Waals surface area contributed by atoms with Gasteiger partial charge in [0.25, 0.3) is 0 Å². The molecule has 2 rings (SSSR count). The molecule has 0 bridgehead atoms. The van der Waals surface area contributed by atoms with Crippen LogP contribution < -0.4 is 5.32 Å². The van der Waals surface area contributed by atoms with Crippen LogP contribution in [-0.2, 0) is 0 Å². The third kappa shape index (κ3) is 2.25. The second-order valence-corrected chi connectivity index (χ2v) is 4.27. The van der Waals surface area contributed by atoms with Gasteiger partial charge in [0.15, 0.2) is 0 Å². The van der Waals surface area contributed by atoms with E-state index < -0.39 is 0 Å². The first-order valence-corrected chi connectivity index (χ1v) is 5.98. The SMILES string of the molecule is CCC(CNC)c1ccc2ccccc2c1. The number of hydrogen-bond donors (Lipinski definition) is 1. The van der Waals surface area contributed by atoms with E-state index in [2.05, 4.69) is 54.7 Å². The molecule has 1 heteroatoms.